The molecule has 0 atom stereocenters. The zero-order valence-corrected chi connectivity index (χ0v) is 15.2. The number of nitro benzene ring substituents is 1. The average molecular weight is 373 g/mol. The zero-order valence-electron chi connectivity index (χ0n) is 15.2. The lowest BCUT2D eigenvalue weighted by atomic mass is 10.1. The lowest BCUT2D eigenvalue weighted by Gasteiger charge is -2.14. The van der Waals surface area contributed by atoms with Crippen LogP contribution in [-0.4, -0.2) is 4.92 Å². The minimum Gasteiger partial charge on any atom is -0.485 e. The molecule has 0 saturated carbocycles. The van der Waals surface area contributed by atoms with Gasteiger partial charge in [0.25, 0.3) is 5.69 Å². The van der Waals surface area contributed by atoms with E-state index < -0.39 is 4.92 Å². The van der Waals surface area contributed by atoms with Gasteiger partial charge in [0.15, 0.2) is 11.5 Å². The maximum atomic E-state index is 11.5. The van der Waals surface area contributed by atoms with Crippen molar-refractivity contribution in [2.75, 3.05) is 0 Å². The minimum atomic E-state index is -0.455. The first kappa shape index (κ1) is 19.0. The van der Waals surface area contributed by atoms with E-state index in [4.69, 9.17) is 15.9 Å². The Bertz CT molecular complexity index is 979. The third-order valence-corrected chi connectivity index (χ3v) is 4.11. The van der Waals surface area contributed by atoms with Crippen LogP contribution >= 0.6 is 0 Å². The van der Waals surface area contributed by atoms with Gasteiger partial charge in [-0.05, 0) is 17.2 Å². The Hall–Kier alpha value is -3.78. The van der Waals surface area contributed by atoms with E-state index in [0.29, 0.717) is 23.7 Å². The van der Waals surface area contributed by atoms with Crippen molar-refractivity contribution in [3.05, 3.63) is 99.6 Å². The molecular formula is C23H19NO4. The lowest BCUT2D eigenvalue weighted by molar-refractivity contribution is -0.385. The van der Waals surface area contributed by atoms with Crippen molar-refractivity contribution >= 4 is 5.69 Å². The van der Waals surface area contributed by atoms with E-state index in [9.17, 15) is 10.1 Å². The van der Waals surface area contributed by atoms with Crippen LogP contribution in [0.1, 0.15) is 16.7 Å². The van der Waals surface area contributed by atoms with Crippen LogP contribution in [0.3, 0.4) is 0 Å². The molecule has 0 amide bonds. The zero-order chi connectivity index (χ0) is 19.8. The highest BCUT2D eigenvalue weighted by atomic mass is 16.6. The van der Waals surface area contributed by atoms with Crippen LogP contribution in [-0.2, 0) is 19.6 Å². The van der Waals surface area contributed by atoms with Crippen LogP contribution in [0.25, 0.3) is 0 Å². The Morgan fingerprint density at radius 3 is 1.82 bits per heavy atom. The van der Waals surface area contributed by atoms with Crippen molar-refractivity contribution in [1.82, 2.24) is 0 Å². The van der Waals surface area contributed by atoms with Gasteiger partial charge in [0, 0.05) is 12.0 Å². The maximum Gasteiger partial charge on any atom is 0.277 e. The normalized spacial score (nSPS) is 10.1. The molecular weight excluding hydrogens is 354 g/mol. The van der Waals surface area contributed by atoms with E-state index in [-0.39, 0.29) is 18.7 Å². The number of hydrogen-bond acceptors (Lipinski definition) is 4. The molecule has 0 N–H and O–H groups in total. The summed E-state index contributed by atoms with van der Waals surface area (Å²) in [7, 11) is 0. The molecule has 0 aliphatic carbocycles. The van der Waals surface area contributed by atoms with E-state index in [1.54, 1.807) is 6.07 Å². The predicted octanol–water partition coefficient (Wildman–Crippen LogP) is 4.93. The largest absolute Gasteiger partial charge is 0.485 e. The van der Waals surface area contributed by atoms with Crippen LogP contribution < -0.4 is 9.47 Å². The van der Waals surface area contributed by atoms with Gasteiger partial charge in [-0.2, -0.15) is 0 Å². The van der Waals surface area contributed by atoms with Crippen LogP contribution in [0.2, 0.25) is 0 Å². The van der Waals surface area contributed by atoms with E-state index in [2.05, 4.69) is 5.92 Å². The van der Waals surface area contributed by atoms with Gasteiger partial charge in [0.05, 0.1) is 11.0 Å². The van der Waals surface area contributed by atoms with E-state index >= 15 is 0 Å². The van der Waals surface area contributed by atoms with Crippen molar-refractivity contribution in [2.24, 2.45) is 0 Å². The fourth-order valence-electron chi connectivity index (χ4n) is 2.71. The predicted molar refractivity (Wildman–Crippen MR) is 107 cm³/mol. The fraction of sp³-hybridized carbons (Fsp3) is 0.130. The molecule has 28 heavy (non-hydrogen) atoms. The first-order chi connectivity index (χ1) is 13.7. The minimum absolute atomic E-state index is 0.0759. The Balaban J connectivity index is 1.90. The van der Waals surface area contributed by atoms with Crippen LogP contribution in [0.5, 0.6) is 11.5 Å². The summed E-state index contributed by atoms with van der Waals surface area (Å²) in [6.07, 6.45) is 5.51. The van der Waals surface area contributed by atoms with E-state index in [0.717, 1.165) is 11.1 Å². The summed E-state index contributed by atoms with van der Waals surface area (Å²) >= 11 is 0. The quantitative estimate of drug-likeness (QED) is 0.319. The second kappa shape index (κ2) is 9.24. The lowest BCUT2D eigenvalue weighted by Crippen LogP contribution is -2.03. The molecule has 3 rings (SSSR count). The van der Waals surface area contributed by atoms with Crippen molar-refractivity contribution in [3.63, 3.8) is 0 Å². The van der Waals surface area contributed by atoms with Gasteiger partial charge in [-0.3, -0.25) is 10.1 Å². The summed E-state index contributed by atoms with van der Waals surface area (Å²) in [6, 6.07) is 22.2. The molecule has 0 fully saturated rings. The highest BCUT2D eigenvalue weighted by Gasteiger charge is 2.20. The molecule has 0 heterocycles. The summed E-state index contributed by atoms with van der Waals surface area (Å²) in [6.45, 7) is 0.587. The first-order valence-corrected chi connectivity index (χ1v) is 8.75. The molecule has 0 spiro atoms. The number of rotatable bonds is 8. The summed E-state index contributed by atoms with van der Waals surface area (Å²) in [5, 5.41) is 11.5. The van der Waals surface area contributed by atoms with Gasteiger partial charge in [0.1, 0.15) is 13.2 Å². The van der Waals surface area contributed by atoms with Gasteiger partial charge < -0.3 is 9.47 Å². The summed E-state index contributed by atoms with van der Waals surface area (Å²) < 4.78 is 11.8. The molecule has 0 aliphatic heterocycles. The second-order valence-corrected chi connectivity index (χ2v) is 6.11. The van der Waals surface area contributed by atoms with E-state index in [1.165, 1.54) is 6.07 Å². The number of ether oxygens (including phenoxy) is 2. The molecule has 5 nitrogen and oxygen atoms in total. The maximum absolute atomic E-state index is 11.5. The molecule has 0 radical (unpaired) electrons. The Morgan fingerprint density at radius 1 is 0.857 bits per heavy atom. The topological polar surface area (TPSA) is 61.6 Å². The van der Waals surface area contributed by atoms with E-state index in [1.807, 2.05) is 60.7 Å². The third kappa shape index (κ3) is 4.89. The van der Waals surface area contributed by atoms with Gasteiger partial charge >= 0.3 is 0 Å². The molecule has 0 bridgehead atoms. The third-order valence-electron chi connectivity index (χ3n) is 4.11. The number of benzene rings is 3. The standard InChI is InChI=1S/C23H19NO4/c1-2-9-20-14-22(27-16-18-10-5-3-6-11-18)23(15-21(20)24(25)26)28-17-19-12-7-4-8-13-19/h1,3-8,10-15H,9,16-17H2. The van der Waals surface area contributed by atoms with Crippen LogP contribution in [0.15, 0.2) is 72.8 Å². The molecule has 0 saturated heterocycles. The molecule has 0 unspecified atom stereocenters. The average Bonchev–Trinajstić information content (AvgIpc) is 2.73. The number of nitrogens with zero attached hydrogens (tertiary/aromatic N) is 1. The summed E-state index contributed by atoms with van der Waals surface area (Å²) in [5.41, 5.74) is 2.27. The summed E-state index contributed by atoms with van der Waals surface area (Å²) in [5.74, 6) is 3.20. The number of nitro groups is 1. The smallest absolute Gasteiger partial charge is 0.277 e. The Morgan fingerprint density at radius 2 is 1.36 bits per heavy atom. The SMILES string of the molecule is C#CCc1cc(OCc2ccccc2)c(OCc2ccccc2)cc1[N+](=O)[O-]. The molecule has 0 aromatic heterocycles. The summed E-state index contributed by atoms with van der Waals surface area (Å²) in [4.78, 5) is 11.0. The van der Waals surface area contributed by atoms with Crippen molar-refractivity contribution in [3.8, 4) is 23.8 Å². The monoisotopic (exact) mass is 373 g/mol. The van der Waals surface area contributed by atoms with Crippen LogP contribution in [0.4, 0.5) is 5.69 Å². The van der Waals surface area contributed by atoms with Crippen molar-refractivity contribution in [1.29, 1.82) is 0 Å². The van der Waals surface area contributed by atoms with Gasteiger partial charge in [-0.1, -0.05) is 60.7 Å². The highest BCUT2D eigenvalue weighted by Crippen LogP contribution is 2.36. The Labute approximate surface area is 163 Å². The van der Waals surface area contributed by atoms with Crippen molar-refractivity contribution in [2.45, 2.75) is 19.6 Å². The second-order valence-electron chi connectivity index (χ2n) is 6.11. The molecule has 3 aromatic carbocycles. The fourth-order valence-corrected chi connectivity index (χ4v) is 2.71. The molecule has 0 aliphatic rings. The number of hydrogen-bond donors (Lipinski definition) is 0. The van der Waals surface area contributed by atoms with Crippen LogP contribution in [0, 0.1) is 22.5 Å². The van der Waals surface area contributed by atoms with Gasteiger partial charge in [-0.25, -0.2) is 0 Å². The van der Waals surface area contributed by atoms with Crippen molar-refractivity contribution < 1.29 is 14.4 Å². The molecule has 3 aromatic rings. The first-order valence-electron chi connectivity index (χ1n) is 8.75. The Kier molecular flexibility index (Phi) is 6.27. The van der Waals surface area contributed by atoms with Gasteiger partial charge in [0.2, 0.25) is 0 Å². The highest BCUT2D eigenvalue weighted by molar-refractivity contribution is 5.55. The number of terminal acetylenes is 1. The molecule has 140 valence electrons. The van der Waals surface area contributed by atoms with Gasteiger partial charge in [-0.15, -0.1) is 12.3 Å². The molecule has 5 heteroatoms.